The van der Waals surface area contributed by atoms with Gasteiger partial charge in [-0.3, -0.25) is 14.4 Å². The highest BCUT2D eigenvalue weighted by Crippen LogP contribution is 2.28. The molecule has 3 rings (SSSR count). The molecule has 3 aromatic carbocycles. The summed E-state index contributed by atoms with van der Waals surface area (Å²) in [5, 5.41) is 22.3. The minimum atomic E-state index is -0.411. The van der Waals surface area contributed by atoms with Crippen LogP contribution in [0.4, 0.5) is 5.69 Å². The second-order valence-electron chi connectivity index (χ2n) is 7.64. The topological polar surface area (TPSA) is 122 Å². The molecule has 0 unspecified atom stereocenters. The van der Waals surface area contributed by atoms with Gasteiger partial charge in [0.1, 0.15) is 0 Å². The number of carbonyl (C=O) groups excluding carboxylic acids is 3. The van der Waals surface area contributed by atoms with E-state index in [0.29, 0.717) is 16.8 Å². The lowest BCUT2D eigenvalue weighted by Crippen LogP contribution is -2.20. The van der Waals surface area contributed by atoms with E-state index in [4.69, 9.17) is 9.47 Å². The van der Waals surface area contributed by atoms with E-state index in [1.54, 1.807) is 42.5 Å². The summed E-state index contributed by atoms with van der Waals surface area (Å²) in [7, 11) is 1.42. The minimum Gasteiger partial charge on any atom is -0.504 e. The monoisotopic (exact) mass is 487 g/mol. The molecule has 0 saturated heterocycles. The average Bonchev–Trinajstić information content (AvgIpc) is 2.87. The number of aromatic hydroxyl groups is 2. The summed E-state index contributed by atoms with van der Waals surface area (Å²) in [6, 6.07) is 17.9. The van der Waals surface area contributed by atoms with Crippen molar-refractivity contribution in [2.75, 3.05) is 19.0 Å². The molecule has 0 fully saturated rings. The van der Waals surface area contributed by atoms with Crippen LogP contribution >= 0.6 is 0 Å². The Bertz CT molecular complexity index is 1300. The van der Waals surface area contributed by atoms with Gasteiger partial charge in [-0.25, -0.2) is 0 Å². The van der Waals surface area contributed by atoms with Crippen LogP contribution in [0.15, 0.2) is 78.9 Å². The average molecular weight is 488 g/mol. The molecule has 3 N–H and O–H groups in total. The smallest absolute Gasteiger partial charge is 0.262 e. The summed E-state index contributed by atoms with van der Waals surface area (Å²) in [6.45, 7) is -0.317. The van der Waals surface area contributed by atoms with Crippen molar-refractivity contribution in [3.63, 3.8) is 0 Å². The van der Waals surface area contributed by atoms with Gasteiger partial charge in [0, 0.05) is 5.69 Å². The predicted octanol–water partition coefficient (Wildman–Crippen LogP) is 4.38. The van der Waals surface area contributed by atoms with Crippen LogP contribution < -0.4 is 14.8 Å². The molecule has 1 amide bonds. The molecule has 0 aliphatic rings. The minimum absolute atomic E-state index is 0.0143. The van der Waals surface area contributed by atoms with Gasteiger partial charge < -0.3 is 25.0 Å². The zero-order chi connectivity index (χ0) is 25.9. The van der Waals surface area contributed by atoms with Crippen LogP contribution in [-0.2, 0) is 14.4 Å². The summed E-state index contributed by atoms with van der Waals surface area (Å²) in [5.41, 5.74) is 1.80. The summed E-state index contributed by atoms with van der Waals surface area (Å²) >= 11 is 0. The number of hydrogen-bond donors (Lipinski definition) is 3. The number of para-hydroxylation sites is 1. The number of allylic oxidation sites excluding steroid dienone is 2. The van der Waals surface area contributed by atoms with Crippen molar-refractivity contribution in [3.05, 3.63) is 90.0 Å². The Morgan fingerprint density at radius 1 is 0.806 bits per heavy atom. The van der Waals surface area contributed by atoms with Crippen LogP contribution in [0.3, 0.4) is 0 Å². The Hall–Kier alpha value is -4.85. The highest BCUT2D eigenvalue weighted by Gasteiger charge is 2.09. The third kappa shape index (κ3) is 7.88. The number of ketones is 2. The van der Waals surface area contributed by atoms with Gasteiger partial charge >= 0.3 is 0 Å². The lowest BCUT2D eigenvalue weighted by atomic mass is 10.1. The maximum Gasteiger partial charge on any atom is 0.262 e. The SMILES string of the molecule is COc1cc(/C=C/C(=O)CC(=O)/C=C/c2ccc(O)c(OCC(=O)Nc3ccccc3)c2)ccc1O. The maximum absolute atomic E-state index is 12.2. The van der Waals surface area contributed by atoms with E-state index in [1.165, 1.54) is 49.6 Å². The van der Waals surface area contributed by atoms with Gasteiger partial charge in [0.05, 0.1) is 13.5 Å². The highest BCUT2D eigenvalue weighted by atomic mass is 16.5. The van der Waals surface area contributed by atoms with Crippen molar-refractivity contribution < 1.29 is 34.1 Å². The first-order valence-corrected chi connectivity index (χ1v) is 10.9. The number of nitrogens with one attached hydrogen (secondary N) is 1. The Morgan fingerprint density at radius 2 is 1.36 bits per heavy atom. The van der Waals surface area contributed by atoms with Gasteiger partial charge in [-0.1, -0.05) is 42.5 Å². The summed E-state index contributed by atoms with van der Waals surface area (Å²) in [5.74, 6) is -1.01. The first-order valence-electron chi connectivity index (χ1n) is 10.9. The number of rotatable bonds is 11. The van der Waals surface area contributed by atoms with Crippen LogP contribution in [0.2, 0.25) is 0 Å². The van der Waals surface area contributed by atoms with Crippen molar-refractivity contribution in [2.45, 2.75) is 6.42 Å². The van der Waals surface area contributed by atoms with Crippen LogP contribution in [0.25, 0.3) is 12.2 Å². The molecule has 184 valence electrons. The zero-order valence-electron chi connectivity index (χ0n) is 19.5. The first kappa shape index (κ1) is 25.8. The Balaban J connectivity index is 1.53. The van der Waals surface area contributed by atoms with Gasteiger partial charge in [-0.05, 0) is 59.7 Å². The maximum atomic E-state index is 12.2. The summed E-state index contributed by atoms with van der Waals surface area (Å²) in [6.07, 6.45) is 5.22. The molecular weight excluding hydrogens is 462 g/mol. The number of phenolic OH excluding ortho intramolecular Hbond substituents is 2. The van der Waals surface area contributed by atoms with E-state index in [1.807, 2.05) is 6.07 Å². The first-order chi connectivity index (χ1) is 17.3. The van der Waals surface area contributed by atoms with Gasteiger partial charge in [-0.2, -0.15) is 0 Å². The molecule has 0 radical (unpaired) electrons. The lowest BCUT2D eigenvalue weighted by Gasteiger charge is -2.09. The number of ether oxygens (including phenoxy) is 2. The van der Waals surface area contributed by atoms with Gasteiger partial charge in [0.2, 0.25) is 0 Å². The molecule has 36 heavy (non-hydrogen) atoms. The van der Waals surface area contributed by atoms with Crippen LogP contribution in [0.5, 0.6) is 23.0 Å². The number of phenols is 2. The largest absolute Gasteiger partial charge is 0.504 e. The second-order valence-corrected chi connectivity index (χ2v) is 7.64. The van der Waals surface area contributed by atoms with E-state index in [9.17, 15) is 24.6 Å². The van der Waals surface area contributed by atoms with Crippen molar-refractivity contribution in [1.29, 1.82) is 0 Å². The molecular formula is C28H25NO7. The quantitative estimate of drug-likeness (QED) is 0.271. The fourth-order valence-electron chi connectivity index (χ4n) is 3.08. The standard InChI is InChI=1S/C28H25NO7/c1-35-26-15-19(9-13-24(26)32)7-11-22(30)17-23(31)12-8-20-10-14-25(33)27(16-20)36-18-28(34)29-21-5-3-2-4-6-21/h2-16,32-33H,17-18H2,1H3,(H,29,34)/b11-7+,12-8+. The van der Waals surface area contributed by atoms with E-state index in [2.05, 4.69) is 5.32 Å². The fraction of sp³-hybridized carbons (Fsp3) is 0.107. The zero-order valence-corrected chi connectivity index (χ0v) is 19.5. The molecule has 0 atom stereocenters. The van der Waals surface area contributed by atoms with Gasteiger partial charge in [0.15, 0.2) is 41.2 Å². The molecule has 0 aliphatic carbocycles. The number of hydrogen-bond acceptors (Lipinski definition) is 7. The molecule has 0 spiro atoms. The van der Waals surface area contributed by atoms with E-state index < -0.39 is 17.5 Å². The highest BCUT2D eigenvalue weighted by molar-refractivity contribution is 6.10. The predicted molar refractivity (Wildman–Crippen MR) is 136 cm³/mol. The molecule has 8 nitrogen and oxygen atoms in total. The number of anilines is 1. The molecule has 0 saturated carbocycles. The van der Waals surface area contributed by atoms with Crippen LogP contribution in [0, 0.1) is 0 Å². The van der Waals surface area contributed by atoms with Crippen molar-refractivity contribution >= 4 is 35.3 Å². The van der Waals surface area contributed by atoms with E-state index >= 15 is 0 Å². The number of benzene rings is 3. The van der Waals surface area contributed by atoms with E-state index in [-0.39, 0.29) is 36.0 Å². The molecule has 0 aromatic heterocycles. The van der Waals surface area contributed by atoms with E-state index in [0.717, 1.165) is 0 Å². The molecule has 0 aliphatic heterocycles. The Morgan fingerprint density at radius 3 is 1.94 bits per heavy atom. The third-order valence-corrected chi connectivity index (χ3v) is 4.88. The molecule has 8 heteroatoms. The molecule has 3 aromatic rings. The lowest BCUT2D eigenvalue weighted by molar-refractivity contribution is -0.122. The number of amides is 1. The Labute approximate surface area is 208 Å². The van der Waals surface area contributed by atoms with Crippen molar-refractivity contribution in [2.24, 2.45) is 0 Å². The van der Waals surface area contributed by atoms with Gasteiger partial charge in [-0.15, -0.1) is 0 Å². The second kappa shape index (κ2) is 12.6. The number of methoxy groups -OCH3 is 1. The van der Waals surface area contributed by atoms with Crippen LogP contribution in [-0.4, -0.2) is 41.4 Å². The summed E-state index contributed by atoms with van der Waals surface area (Å²) < 4.78 is 10.4. The van der Waals surface area contributed by atoms with Crippen molar-refractivity contribution in [3.8, 4) is 23.0 Å². The van der Waals surface area contributed by atoms with Gasteiger partial charge in [0.25, 0.3) is 5.91 Å². The fourth-order valence-corrected chi connectivity index (χ4v) is 3.08. The summed E-state index contributed by atoms with van der Waals surface area (Å²) in [4.78, 5) is 36.4. The normalized spacial score (nSPS) is 10.9. The Kier molecular flexibility index (Phi) is 9.00. The molecule has 0 bridgehead atoms. The third-order valence-electron chi connectivity index (χ3n) is 4.88. The van der Waals surface area contributed by atoms with Crippen LogP contribution in [0.1, 0.15) is 17.5 Å². The van der Waals surface area contributed by atoms with Crippen molar-refractivity contribution in [1.82, 2.24) is 0 Å². The number of carbonyl (C=O) groups is 3. The molecule has 0 heterocycles.